The van der Waals surface area contributed by atoms with Crippen molar-refractivity contribution < 1.29 is 9.21 Å². The number of anilines is 1. The molecule has 0 bridgehead atoms. The second-order valence-electron chi connectivity index (χ2n) is 6.55. The van der Waals surface area contributed by atoms with Crippen molar-refractivity contribution in [3.63, 3.8) is 0 Å². The Balaban J connectivity index is 1.70. The molecule has 134 valence electrons. The maximum Gasteiger partial charge on any atom is 0.325 e. The molecular formula is C20H15ClN4O2. The number of halogens is 1. The molecule has 27 heavy (non-hydrogen) atoms. The minimum Gasteiger partial charge on any atom is -0.422 e. The smallest absolute Gasteiger partial charge is 0.325 e. The molecule has 1 atom stereocenters. The zero-order valence-corrected chi connectivity index (χ0v) is 15.2. The molecule has 0 saturated heterocycles. The van der Waals surface area contributed by atoms with E-state index < -0.39 is 0 Å². The fourth-order valence-corrected chi connectivity index (χ4v) is 3.93. The predicted molar refractivity (Wildman–Crippen MR) is 102 cm³/mol. The summed E-state index contributed by atoms with van der Waals surface area (Å²) < 4.78 is 7.41. The molecule has 1 aliphatic rings. The second kappa shape index (κ2) is 5.96. The van der Waals surface area contributed by atoms with Crippen LogP contribution in [0.15, 0.2) is 52.9 Å². The zero-order chi connectivity index (χ0) is 18.5. The Labute approximate surface area is 159 Å². The molecule has 1 amide bonds. The molecule has 2 aromatic heterocycles. The molecular weight excluding hydrogens is 364 g/mol. The number of nitrogens with zero attached hydrogens (tertiary/aromatic N) is 3. The highest BCUT2D eigenvalue weighted by molar-refractivity contribution is 6.31. The second-order valence-corrected chi connectivity index (χ2v) is 6.96. The van der Waals surface area contributed by atoms with E-state index in [1.54, 1.807) is 4.68 Å². The third kappa shape index (κ3) is 2.52. The van der Waals surface area contributed by atoms with Gasteiger partial charge in [-0.1, -0.05) is 41.9 Å². The number of fused-ring (bicyclic) bond motifs is 2. The third-order valence-corrected chi connectivity index (χ3v) is 5.19. The van der Waals surface area contributed by atoms with Gasteiger partial charge in [0.05, 0.1) is 5.69 Å². The van der Waals surface area contributed by atoms with Crippen LogP contribution in [0, 0.1) is 6.92 Å². The molecule has 0 saturated carbocycles. The first-order valence-corrected chi connectivity index (χ1v) is 8.99. The molecule has 1 N–H and O–H groups in total. The van der Waals surface area contributed by atoms with Gasteiger partial charge in [0.25, 0.3) is 0 Å². The molecule has 5 rings (SSSR count). The highest BCUT2D eigenvalue weighted by Crippen LogP contribution is 2.42. The number of aryl methyl sites for hydroxylation is 1. The van der Waals surface area contributed by atoms with E-state index in [2.05, 4.69) is 15.4 Å². The van der Waals surface area contributed by atoms with Crippen molar-refractivity contribution in [3.05, 3.63) is 70.4 Å². The Morgan fingerprint density at radius 3 is 2.78 bits per heavy atom. The summed E-state index contributed by atoms with van der Waals surface area (Å²) in [7, 11) is 0. The molecule has 0 unspecified atom stereocenters. The first-order valence-electron chi connectivity index (χ1n) is 8.61. The highest BCUT2D eigenvalue weighted by Gasteiger charge is 2.34. The normalized spacial score (nSPS) is 16.4. The van der Waals surface area contributed by atoms with E-state index in [0.29, 0.717) is 28.9 Å². The van der Waals surface area contributed by atoms with Gasteiger partial charge in [-0.2, -0.15) is 14.8 Å². The van der Waals surface area contributed by atoms with E-state index in [1.807, 2.05) is 55.5 Å². The SMILES string of the molecule is Cc1nn(-c2nc3ccccc3o2)c2c1[C@H](c1ccccc1Cl)CC(=O)N2. The van der Waals surface area contributed by atoms with Crippen molar-refractivity contribution in [1.82, 2.24) is 14.8 Å². The van der Waals surface area contributed by atoms with E-state index >= 15 is 0 Å². The molecule has 0 aliphatic carbocycles. The maximum absolute atomic E-state index is 12.4. The summed E-state index contributed by atoms with van der Waals surface area (Å²) in [5.41, 5.74) is 4.05. The molecule has 0 spiro atoms. The van der Waals surface area contributed by atoms with Crippen LogP contribution in [-0.4, -0.2) is 20.7 Å². The fraction of sp³-hybridized carbons (Fsp3) is 0.150. The molecule has 6 nitrogen and oxygen atoms in total. The van der Waals surface area contributed by atoms with Crippen LogP contribution >= 0.6 is 11.6 Å². The van der Waals surface area contributed by atoms with Gasteiger partial charge in [-0.25, -0.2) is 0 Å². The van der Waals surface area contributed by atoms with Gasteiger partial charge in [0.1, 0.15) is 11.3 Å². The van der Waals surface area contributed by atoms with Crippen molar-refractivity contribution >= 4 is 34.4 Å². The van der Waals surface area contributed by atoms with Gasteiger partial charge in [0.15, 0.2) is 5.58 Å². The Bertz CT molecular complexity index is 1160. The number of amides is 1. The quantitative estimate of drug-likeness (QED) is 0.559. The summed E-state index contributed by atoms with van der Waals surface area (Å²) >= 11 is 6.41. The van der Waals surface area contributed by atoms with Crippen molar-refractivity contribution in [2.45, 2.75) is 19.3 Å². The lowest BCUT2D eigenvalue weighted by molar-refractivity contribution is -0.116. The van der Waals surface area contributed by atoms with Crippen LogP contribution < -0.4 is 5.32 Å². The first kappa shape index (κ1) is 16.1. The monoisotopic (exact) mass is 378 g/mol. The molecule has 7 heteroatoms. The number of nitrogens with one attached hydrogen (secondary N) is 1. The average molecular weight is 379 g/mol. The zero-order valence-electron chi connectivity index (χ0n) is 14.4. The standard InChI is InChI=1S/C20H15ClN4O2/c1-11-18-13(12-6-2-3-7-14(12)21)10-17(26)23-19(18)25(24-11)20-22-15-8-4-5-9-16(15)27-20/h2-9,13H,10H2,1H3,(H,23,26)/t13-/m0/s1. The van der Waals surface area contributed by atoms with Gasteiger partial charge in [-0.15, -0.1) is 0 Å². The van der Waals surface area contributed by atoms with Crippen molar-refractivity contribution in [3.8, 4) is 6.01 Å². The lowest BCUT2D eigenvalue weighted by Crippen LogP contribution is -2.25. The number of rotatable bonds is 2. The van der Waals surface area contributed by atoms with Gasteiger partial charge in [0.2, 0.25) is 5.91 Å². The Morgan fingerprint density at radius 2 is 1.96 bits per heavy atom. The van der Waals surface area contributed by atoms with Crippen LogP contribution in [0.2, 0.25) is 5.02 Å². The molecule has 1 aliphatic heterocycles. The number of carbonyl (C=O) groups excluding carboxylic acids is 1. The minimum atomic E-state index is -0.166. The summed E-state index contributed by atoms with van der Waals surface area (Å²) in [6.45, 7) is 1.92. The Morgan fingerprint density at radius 1 is 1.19 bits per heavy atom. The summed E-state index contributed by atoms with van der Waals surface area (Å²) in [4.78, 5) is 16.9. The van der Waals surface area contributed by atoms with Gasteiger partial charge < -0.3 is 9.73 Å². The number of carbonyl (C=O) groups is 1. The number of benzene rings is 2. The van der Waals surface area contributed by atoms with E-state index in [4.69, 9.17) is 16.0 Å². The van der Waals surface area contributed by atoms with Gasteiger partial charge >= 0.3 is 6.01 Å². The highest BCUT2D eigenvalue weighted by atomic mass is 35.5. The van der Waals surface area contributed by atoms with E-state index in [1.165, 1.54) is 0 Å². The lowest BCUT2D eigenvalue weighted by Gasteiger charge is -2.24. The predicted octanol–water partition coefficient (Wildman–Crippen LogP) is 4.45. The van der Waals surface area contributed by atoms with Gasteiger partial charge in [0, 0.05) is 22.9 Å². The fourth-order valence-electron chi connectivity index (χ4n) is 3.66. The largest absolute Gasteiger partial charge is 0.422 e. The van der Waals surface area contributed by atoms with Crippen LogP contribution in [0.4, 0.5) is 5.82 Å². The van der Waals surface area contributed by atoms with Crippen LogP contribution in [-0.2, 0) is 4.79 Å². The molecule has 0 fully saturated rings. The number of aromatic nitrogens is 3. The van der Waals surface area contributed by atoms with Crippen LogP contribution in [0.25, 0.3) is 17.1 Å². The molecule has 4 aromatic rings. The Hall–Kier alpha value is -3.12. The average Bonchev–Trinajstić information content (AvgIpc) is 3.22. The van der Waals surface area contributed by atoms with Crippen LogP contribution in [0.5, 0.6) is 0 Å². The van der Waals surface area contributed by atoms with Gasteiger partial charge in [-0.05, 0) is 30.7 Å². The van der Waals surface area contributed by atoms with Crippen molar-refractivity contribution in [1.29, 1.82) is 0 Å². The summed E-state index contributed by atoms with van der Waals surface area (Å²) in [5, 5.41) is 8.17. The summed E-state index contributed by atoms with van der Waals surface area (Å²) in [6.07, 6.45) is 0.316. The van der Waals surface area contributed by atoms with Crippen molar-refractivity contribution in [2.75, 3.05) is 5.32 Å². The molecule has 2 aromatic carbocycles. The number of para-hydroxylation sites is 2. The molecule has 0 radical (unpaired) electrons. The van der Waals surface area contributed by atoms with E-state index in [-0.39, 0.29) is 11.8 Å². The van der Waals surface area contributed by atoms with Gasteiger partial charge in [-0.3, -0.25) is 4.79 Å². The topological polar surface area (TPSA) is 73.0 Å². The molecule has 3 heterocycles. The Kier molecular flexibility index (Phi) is 3.55. The number of hydrogen-bond donors (Lipinski definition) is 1. The van der Waals surface area contributed by atoms with Crippen LogP contribution in [0.3, 0.4) is 0 Å². The lowest BCUT2D eigenvalue weighted by atomic mass is 9.86. The van der Waals surface area contributed by atoms with Crippen LogP contribution in [0.1, 0.15) is 29.2 Å². The van der Waals surface area contributed by atoms with E-state index in [9.17, 15) is 4.79 Å². The third-order valence-electron chi connectivity index (χ3n) is 4.85. The maximum atomic E-state index is 12.4. The van der Waals surface area contributed by atoms with E-state index in [0.717, 1.165) is 22.3 Å². The number of hydrogen-bond acceptors (Lipinski definition) is 4. The minimum absolute atomic E-state index is 0.0929. The summed E-state index contributed by atoms with van der Waals surface area (Å²) in [6, 6.07) is 15.4. The number of oxazole rings is 1. The van der Waals surface area contributed by atoms with Crippen molar-refractivity contribution in [2.24, 2.45) is 0 Å². The first-order chi connectivity index (χ1) is 13.1. The summed E-state index contributed by atoms with van der Waals surface area (Å²) in [5.74, 6) is 0.325.